The van der Waals surface area contributed by atoms with Crippen LogP contribution in [-0.2, 0) is 0 Å². The maximum Gasteiger partial charge on any atom is 0.225 e. The van der Waals surface area contributed by atoms with Crippen molar-refractivity contribution in [2.24, 2.45) is 0 Å². The van der Waals surface area contributed by atoms with Gasteiger partial charge in [-0.15, -0.1) is 11.3 Å². The first kappa shape index (κ1) is 14.2. The van der Waals surface area contributed by atoms with E-state index < -0.39 is 0 Å². The predicted molar refractivity (Wildman–Crippen MR) is 102 cm³/mol. The Morgan fingerprint density at radius 2 is 1.79 bits per heavy atom. The van der Waals surface area contributed by atoms with E-state index in [1.165, 1.54) is 29.2 Å². The molecule has 0 saturated heterocycles. The summed E-state index contributed by atoms with van der Waals surface area (Å²) < 4.78 is 0. The number of rotatable bonds is 3. The average molecular weight is 352 g/mol. The molecule has 0 bridgehead atoms. The quantitative estimate of drug-likeness (QED) is 0.452. The van der Waals surface area contributed by atoms with Crippen LogP contribution < -0.4 is 5.32 Å². The summed E-state index contributed by atoms with van der Waals surface area (Å²) in [7, 11) is 0. The third kappa shape index (κ3) is 2.34. The van der Waals surface area contributed by atoms with E-state index in [-0.39, 0.29) is 5.28 Å². The Balaban J connectivity index is 1.67. The Bertz CT molecular complexity index is 1070. The molecule has 1 aliphatic rings. The van der Waals surface area contributed by atoms with Crippen molar-refractivity contribution in [2.75, 3.05) is 5.32 Å². The van der Waals surface area contributed by atoms with Crippen LogP contribution in [0.4, 0.5) is 11.5 Å². The van der Waals surface area contributed by atoms with Gasteiger partial charge in [0.2, 0.25) is 5.28 Å². The van der Waals surface area contributed by atoms with E-state index in [1.807, 2.05) is 11.4 Å². The predicted octanol–water partition coefficient (Wildman–Crippen LogP) is 6.12. The number of fused-ring (bicyclic) bond motifs is 2. The molecule has 0 atom stereocenters. The average Bonchev–Trinajstić information content (AvgIpc) is 3.32. The van der Waals surface area contributed by atoms with Crippen molar-refractivity contribution in [1.29, 1.82) is 0 Å². The van der Waals surface area contributed by atoms with Crippen LogP contribution in [0, 0.1) is 0 Å². The van der Waals surface area contributed by atoms with Gasteiger partial charge in [-0.3, -0.25) is 0 Å². The summed E-state index contributed by atoms with van der Waals surface area (Å²) in [6.45, 7) is 0. The Hall–Kier alpha value is -2.17. The highest BCUT2D eigenvalue weighted by atomic mass is 35.5. The fourth-order valence-electron chi connectivity index (χ4n) is 3.23. The summed E-state index contributed by atoms with van der Waals surface area (Å²) in [6, 6.07) is 15.0. The second-order valence-corrected chi connectivity index (χ2v) is 7.36. The number of thiophene rings is 1. The van der Waals surface area contributed by atoms with Crippen molar-refractivity contribution < 1.29 is 0 Å². The lowest BCUT2D eigenvalue weighted by Gasteiger charge is -2.13. The van der Waals surface area contributed by atoms with Crippen molar-refractivity contribution in [3.63, 3.8) is 0 Å². The van der Waals surface area contributed by atoms with Crippen LogP contribution in [0.15, 0.2) is 47.8 Å². The van der Waals surface area contributed by atoms with Crippen molar-refractivity contribution >= 4 is 55.4 Å². The molecular weight excluding hydrogens is 338 g/mol. The van der Waals surface area contributed by atoms with E-state index in [0.717, 1.165) is 27.6 Å². The van der Waals surface area contributed by atoms with Gasteiger partial charge in [-0.1, -0.05) is 30.3 Å². The lowest BCUT2D eigenvalue weighted by atomic mass is 9.99. The highest BCUT2D eigenvalue weighted by molar-refractivity contribution is 7.16. The maximum absolute atomic E-state index is 6.08. The van der Waals surface area contributed by atoms with E-state index in [0.29, 0.717) is 0 Å². The third-order valence-electron chi connectivity index (χ3n) is 4.53. The van der Waals surface area contributed by atoms with Crippen molar-refractivity contribution in [1.82, 2.24) is 9.97 Å². The molecule has 2 aromatic carbocycles. The molecular formula is C19H14ClN3S. The Labute approximate surface area is 148 Å². The van der Waals surface area contributed by atoms with E-state index in [9.17, 15) is 0 Å². The number of anilines is 2. The first-order valence-corrected chi connectivity index (χ1v) is 9.25. The van der Waals surface area contributed by atoms with Crippen LogP contribution in [0.5, 0.6) is 0 Å². The number of nitrogens with zero attached hydrogens (tertiary/aromatic N) is 2. The minimum absolute atomic E-state index is 0.270. The SMILES string of the molecule is Clc1nc(Nc2ccc(C3CC3)c3ccccc23)c2ccsc2n1. The smallest absolute Gasteiger partial charge is 0.225 e. The zero-order chi connectivity index (χ0) is 16.1. The number of halogens is 1. The van der Waals surface area contributed by atoms with Gasteiger partial charge in [0, 0.05) is 11.1 Å². The van der Waals surface area contributed by atoms with E-state index >= 15 is 0 Å². The Kier molecular flexibility index (Phi) is 3.21. The largest absolute Gasteiger partial charge is 0.339 e. The molecule has 2 aromatic heterocycles. The number of hydrogen-bond donors (Lipinski definition) is 1. The summed E-state index contributed by atoms with van der Waals surface area (Å²) in [4.78, 5) is 9.57. The molecule has 1 saturated carbocycles. The van der Waals surface area contributed by atoms with E-state index in [1.54, 1.807) is 11.3 Å². The van der Waals surface area contributed by atoms with Gasteiger partial charge in [0.15, 0.2) is 0 Å². The van der Waals surface area contributed by atoms with Gasteiger partial charge in [-0.2, -0.15) is 4.98 Å². The van der Waals surface area contributed by atoms with Gasteiger partial charge < -0.3 is 5.32 Å². The Morgan fingerprint density at radius 1 is 0.958 bits per heavy atom. The van der Waals surface area contributed by atoms with Crippen molar-refractivity contribution in [3.8, 4) is 0 Å². The molecule has 24 heavy (non-hydrogen) atoms. The molecule has 0 aliphatic heterocycles. The van der Waals surface area contributed by atoms with Gasteiger partial charge in [0.05, 0.1) is 5.39 Å². The number of aromatic nitrogens is 2. The van der Waals surface area contributed by atoms with Crippen LogP contribution in [0.3, 0.4) is 0 Å². The lowest BCUT2D eigenvalue weighted by Crippen LogP contribution is -1.97. The molecule has 5 rings (SSSR count). The number of hydrogen-bond acceptors (Lipinski definition) is 4. The van der Waals surface area contributed by atoms with Crippen LogP contribution in [0.1, 0.15) is 24.3 Å². The number of benzene rings is 2. The van der Waals surface area contributed by atoms with Crippen LogP contribution in [0.2, 0.25) is 5.28 Å². The molecule has 0 radical (unpaired) electrons. The Morgan fingerprint density at radius 3 is 2.62 bits per heavy atom. The summed E-state index contributed by atoms with van der Waals surface area (Å²) in [5, 5.41) is 9.30. The normalized spacial score (nSPS) is 14.4. The summed E-state index contributed by atoms with van der Waals surface area (Å²) in [6.07, 6.45) is 2.60. The van der Waals surface area contributed by atoms with Gasteiger partial charge in [0.1, 0.15) is 10.6 Å². The maximum atomic E-state index is 6.08. The first-order chi connectivity index (χ1) is 11.8. The van der Waals surface area contributed by atoms with E-state index in [4.69, 9.17) is 11.6 Å². The minimum Gasteiger partial charge on any atom is -0.339 e. The second kappa shape index (κ2) is 5.43. The molecule has 2 heterocycles. The first-order valence-electron chi connectivity index (χ1n) is 7.99. The molecule has 3 nitrogen and oxygen atoms in total. The zero-order valence-corrected chi connectivity index (χ0v) is 14.4. The summed E-state index contributed by atoms with van der Waals surface area (Å²) in [5.41, 5.74) is 2.51. The van der Waals surface area contributed by atoms with Crippen molar-refractivity contribution in [2.45, 2.75) is 18.8 Å². The summed E-state index contributed by atoms with van der Waals surface area (Å²) >= 11 is 7.65. The molecule has 1 aliphatic carbocycles. The summed E-state index contributed by atoms with van der Waals surface area (Å²) in [5.74, 6) is 1.48. The van der Waals surface area contributed by atoms with E-state index in [2.05, 4.69) is 51.7 Å². The number of nitrogens with one attached hydrogen (secondary N) is 1. The fraction of sp³-hybridized carbons (Fsp3) is 0.158. The monoisotopic (exact) mass is 351 g/mol. The molecule has 0 amide bonds. The van der Waals surface area contributed by atoms with Crippen LogP contribution in [0.25, 0.3) is 21.0 Å². The topological polar surface area (TPSA) is 37.8 Å². The zero-order valence-electron chi connectivity index (χ0n) is 12.8. The molecule has 0 spiro atoms. The van der Waals surface area contributed by atoms with Crippen LogP contribution in [-0.4, -0.2) is 9.97 Å². The highest BCUT2D eigenvalue weighted by Gasteiger charge is 2.25. The standard InChI is InChI=1S/C19H14ClN3S/c20-19-22-17(15-9-10-24-18(15)23-19)21-16-8-7-12(11-5-6-11)13-3-1-2-4-14(13)16/h1-4,7-11H,5-6H2,(H,21,22,23). The molecule has 0 unspecified atom stereocenters. The third-order valence-corrected chi connectivity index (χ3v) is 5.50. The van der Waals surface area contributed by atoms with Crippen molar-refractivity contribution in [3.05, 3.63) is 58.7 Å². The second-order valence-electron chi connectivity index (χ2n) is 6.13. The molecule has 118 valence electrons. The van der Waals surface area contributed by atoms with Gasteiger partial charge >= 0.3 is 0 Å². The van der Waals surface area contributed by atoms with Gasteiger partial charge in [0.25, 0.3) is 0 Å². The molecule has 5 heteroatoms. The van der Waals surface area contributed by atoms with Gasteiger partial charge in [-0.05, 0) is 58.8 Å². The molecule has 1 fully saturated rings. The highest BCUT2D eigenvalue weighted by Crippen LogP contribution is 2.44. The van der Waals surface area contributed by atoms with Gasteiger partial charge in [-0.25, -0.2) is 4.98 Å². The minimum atomic E-state index is 0.270. The fourth-order valence-corrected chi connectivity index (χ4v) is 4.22. The molecule has 4 aromatic rings. The lowest BCUT2D eigenvalue weighted by molar-refractivity contribution is 1.15. The molecule has 1 N–H and O–H groups in total. The van der Waals surface area contributed by atoms with Crippen LogP contribution >= 0.6 is 22.9 Å².